The minimum atomic E-state index is -0.974. The summed E-state index contributed by atoms with van der Waals surface area (Å²) >= 11 is 6.10. The third kappa shape index (κ3) is 4.07. The second kappa shape index (κ2) is 6.90. The first kappa shape index (κ1) is 15.1. The lowest BCUT2D eigenvalue weighted by atomic mass is 10.1. The zero-order valence-corrected chi connectivity index (χ0v) is 12.1. The molecule has 0 aromatic heterocycles. The lowest BCUT2D eigenvalue weighted by Crippen LogP contribution is -2.39. The van der Waals surface area contributed by atoms with E-state index in [9.17, 15) is 9.59 Å². The van der Waals surface area contributed by atoms with Gasteiger partial charge in [0.25, 0.3) is 0 Å². The fourth-order valence-corrected chi connectivity index (χ4v) is 2.19. The van der Waals surface area contributed by atoms with Crippen LogP contribution in [0.1, 0.15) is 11.1 Å². The second-order valence-corrected chi connectivity index (χ2v) is 5.01. The van der Waals surface area contributed by atoms with Crippen LogP contribution in [0.5, 0.6) is 0 Å². The van der Waals surface area contributed by atoms with Crippen LogP contribution in [0, 0.1) is 0 Å². The van der Waals surface area contributed by atoms with E-state index in [0.29, 0.717) is 11.6 Å². The predicted molar refractivity (Wildman–Crippen MR) is 81.3 cm³/mol. The van der Waals surface area contributed by atoms with Gasteiger partial charge in [0.05, 0.1) is 0 Å². The molecule has 0 atom stereocenters. The van der Waals surface area contributed by atoms with Gasteiger partial charge < -0.3 is 10.6 Å². The monoisotopic (exact) mass is 302 g/mol. The smallest absolute Gasteiger partial charge is 0.312 e. The van der Waals surface area contributed by atoms with Gasteiger partial charge in [-0.15, -0.1) is 0 Å². The van der Waals surface area contributed by atoms with Crippen molar-refractivity contribution < 1.29 is 9.59 Å². The van der Waals surface area contributed by atoms with Crippen molar-refractivity contribution in [2.45, 2.75) is 13.1 Å². The Morgan fingerprint density at radius 2 is 1.57 bits per heavy atom. The molecule has 2 aromatic rings. The standard InChI is InChI=1S/C16H15ClN2O2/c17-14-9-5-4-8-13(14)11-19(16(21)15(18)20)10-12-6-2-1-3-7-12/h1-9H,10-11H2,(H2,18,20). The Kier molecular flexibility index (Phi) is 4.95. The van der Waals surface area contributed by atoms with E-state index in [1.165, 1.54) is 4.90 Å². The molecule has 0 saturated heterocycles. The number of halogens is 1. The van der Waals surface area contributed by atoms with Crippen molar-refractivity contribution in [3.63, 3.8) is 0 Å². The fourth-order valence-electron chi connectivity index (χ4n) is 1.99. The van der Waals surface area contributed by atoms with Crippen molar-refractivity contribution in [1.29, 1.82) is 0 Å². The van der Waals surface area contributed by atoms with Gasteiger partial charge in [0.1, 0.15) is 0 Å². The van der Waals surface area contributed by atoms with Crippen LogP contribution in [0.15, 0.2) is 54.6 Å². The van der Waals surface area contributed by atoms with E-state index < -0.39 is 11.8 Å². The van der Waals surface area contributed by atoms with Crippen LogP contribution < -0.4 is 5.73 Å². The molecule has 0 spiro atoms. The summed E-state index contributed by atoms with van der Waals surface area (Å²) in [7, 11) is 0. The lowest BCUT2D eigenvalue weighted by molar-refractivity contribution is -0.145. The molecule has 0 heterocycles. The summed E-state index contributed by atoms with van der Waals surface area (Å²) in [5, 5.41) is 0.549. The molecule has 4 nitrogen and oxygen atoms in total. The Bertz CT molecular complexity index is 644. The van der Waals surface area contributed by atoms with E-state index in [1.54, 1.807) is 6.07 Å². The van der Waals surface area contributed by atoms with E-state index in [2.05, 4.69) is 0 Å². The minimum Gasteiger partial charge on any atom is -0.361 e. The number of nitrogens with two attached hydrogens (primary N) is 1. The van der Waals surface area contributed by atoms with Gasteiger partial charge >= 0.3 is 11.8 Å². The van der Waals surface area contributed by atoms with Gasteiger partial charge in [0.15, 0.2) is 0 Å². The van der Waals surface area contributed by atoms with Crippen LogP contribution in [0.2, 0.25) is 5.02 Å². The maximum atomic E-state index is 12.0. The van der Waals surface area contributed by atoms with Gasteiger partial charge in [-0.25, -0.2) is 0 Å². The molecule has 2 aromatic carbocycles. The van der Waals surface area contributed by atoms with E-state index in [1.807, 2.05) is 48.5 Å². The first-order valence-corrected chi connectivity index (χ1v) is 6.82. The van der Waals surface area contributed by atoms with Gasteiger partial charge in [-0.05, 0) is 17.2 Å². The number of rotatable bonds is 4. The Hall–Kier alpha value is -2.33. The SMILES string of the molecule is NC(=O)C(=O)N(Cc1ccccc1)Cc1ccccc1Cl. The summed E-state index contributed by atoms with van der Waals surface area (Å²) in [6.07, 6.45) is 0. The zero-order valence-electron chi connectivity index (χ0n) is 11.3. The molecule has 2 amide bonds. The van der Waals surface area contributed by atoms with Crippen molar-refractivity contribution in [2.24, 2.45) is 5.73 Å². The highest BCUT2D eigenvalue weighted by atomic mass is 35.5. The Balaban J connectivity index is 2.22. The van der Waals surface area contributed by atoms with E-state index in [4.69, 9.17) is 17.3 Å². The van der Waals surface area contributed by atoms with Crippen LogP contribution in [0.3, 0.4) is 0 Å². The summed E-state index contributed by atoms with van der Waals surface area (Å²) < 4.78 is 0. The summed E-state index contributed by atoms with van der Waals surface area (Å²) in [6, 6.07) is 16.6. The summed E-state index contributed by atoms with van der Waals surface area (Å²) in [4.78, 5) is 24.6. The van der Waals surface area contributed by atoms with Crippen molar-refractivity contribution >= 4 is 23.4 Å². The normalized spacial score (nSPS) is 10.1. The molecule has 5 heteroatoms. The van der Waals surface area contributed by atoms with Crippen LogP contribution >= 0.6 is 11.6 Å². The predicted octanol–water partition coefficient (Wildman–Crippen LogP) is 2.35. The van der Waals surface area contributed by atoms with Gasteiger partial charge in [-0.1, -0.05) is 60.1 Å². The van der Waals surface area contributed by atoms with E-state index in [0.717, 1.165) is 11.1 Å². The first-order valence-electron chi connectivity index (χ1n) is 6.44. The summed E-state index contributed by atoms with van der Waals surface area (Å²) in [5.41, 5.74) is 6.80. The molecule has 0 aliphatic carbocycles. The highest BCUT2D eigenvalue weighted by Gasteiger charge is 2.20. The quantitative estimate of drug-likeness (QED) is 0.881. The number of carbonyl (C=O) groups is 2. The highest BCUT2D eigenvalue weighted by Crippen LogP contribution is 2.18. The Morgan fingerprint density at radius 1 is 0.952 bits per heavy atom. The van der Waals surface area contributed by atoms with Crippen LogP contribution in [-0.2, 0) is 22.7 Å². The van der Waals surface area contributed by atoms with E-state index in [-0.39, 0.29) is 6.54 Å². The summed E-state index contributed by atoms with van der Waals surface area (Å²) in [5.74, 6) is -1.70. The van der Waals surface area contributed by atoms with Gasteiger partial charge in [0.2, 0.25) is 0 Å². The molecular weight excluding hydrogens is 288 g/mol. The summed E-state index contributed by atoms with van der Waals surface area (Å²) in [6.45, 7) is 0.532. The Morgan fingerprint density at radius 3 is 2.19 bits per heavy atom. The van der Waals surface area contributed by atoms with Crippen LogP contribution in [0.25, 0.3) is 0 Å². The third-order valence-corrected chi connectivity index (χ3v) is 3.40. The molecule has 0 aliphatic heterocycles. The highest BCUT2D eigenvalue weighted by molar-refractivity contribution is 6.34. The molecule has 108 valence electrons. The molecule has 0 bridgehead atoms. The Labute approximate surface area is 128 Å². The molecule has 2 rings (SSSR count). The number of amides is 2. The van der Waals surface area contributed by atoms with Crippen molar-refractivity contribution in [3.8, 4) is 0 Å². The van der Waals surface area contributed by atoms with Crippen molar-refractivity contribution in [3.05, 3.63) is 70.7 Å². The number of benzene rings is 2. The van der Waals surface area contributed by atoms with Crippen LogP contribution in [-0.4, -0.2) is 16.7 Å². The largest absolute Gasteiger partial charge is 0.361 e. The molecular formula is C16H15ClN2O2. The number of nitrogens with zero attached hydrogens (tertiary/aromatic N) is 1. The van der Waals surface area contributed by atoms with Crippen LogP contribution in [0.4, 0.5) is 0 Å². The third-order valence-electron chi connectivity index (χ3n) is 3.03. The average molecular weight is 303 g/mol. The maximum absolute atomic E-state index is 12.0. The average Bonchev–Trinajstić information content (AvgIpc) is 2.49. The minimum absolute atomic E-state index is 0.232. The van der Waals surface area contributed by atoms with E-state index >= 15 is 0 Å². The topological polar surface area (TPSA) is 63.4 Å². The van der Waals surface area contributed by atoms with Crippen molar-refractivity contribution in [2.75, 3.05) is 0 Å². The number of hydrogen-bond acceptors (Lipinski definition) is 2. The second-order valence-electron chi connectivity index (χ2n) is 4.60. The van der Waals surface area contributed by atoms with Gasteiger partial charge in [-0.3, -0.25) is 9.59 Å². The molecule has 0 fully saturated rings. The molecule has 0 aliphatic rings. The fraction of sp³-hybridized carbons (Fsp3) is 0.125. The van der Waals surface area contributed by atoms with Gasteiger partial charge in [-0.2, -0.15) is 0 Å². The molecule has 21 heavy (non-hydrogen) atoms. The van der Waals surface area contributed by atoms with Crippen molar-refractivity contribution in [1.82, 2.24) is 4.90 Å². The number of hydrogen-bond donors (Lipinski definition) is 1. The molecule has 0 unspecified atom stereocenters. The lowest BCUT2D eigenvalue weighted by Gasteiger charge is -2.22. The first-order chi connectivity index (χ1) is 10.1. The number of primary amides is 1. The molecule has 2 N–H and O–H groups in total. The molecule has 0 radical (unpaired) electrons. The zero-order chi connectivity index (χ0) is 15.2. The number of carbonyl (C=O) groups excluding carboxylic acids is 2. The van der Waals surface area contributed by atoms with Gasteiger partial charge in [0, 0.05) is 18.1 Å². The maximum Gasteiger partial charge on any atom is 0.312 e. The molecule has 0 saturated carbocycles.